The van der Waals surface area contributed by atoms with Crippen LogP contribution in [0.15, 0.2) is 0 Å². The van der Waals surface area contributed by atoms with E-state index in [-0.39, 0.29) is 11.3 Å². The van der Waals surface area contributed by atoms with Crippen molar-refractivity contribution in [3.63, 3.8) is 0 Å². The van der Waals surface area contributed by atoms with E-state index in [1.807, 2.05) is 25.5 Å². The summed E-state index contributed by atoms with van der Waals surface area (Å²) in [6, 6.07) is 1.88. The minimum atomic E-state index is -0.321. The van der Waals surface area contributed by atoms with Crippen LogP contribution in [0.1, 0.15) is 77.6 Å². The maximum Gasteiger partial charge on any atom is 0.225 e. The number of nitrogens with one attached hydrogen (secondary N) is 1. The van der Waals surface area contributed by atoms with Gasteiger partial charge in [-0.15, -0.1) is 5.10 Å². The first kappa shape index (κ1) is 16.9. The van der Waals surface area contributed by atoms with Crippen LogP contribution in [0.3, 0.4) is 0 Å². The first-order valence-electron chi connectivity index (χ1n) is 9.75. The van der Waals surface area contributed by atoms with Crippen LogP contribution in [0.2, 0.25) is 0 Å². The van der Waals surface area contributed by atoms with Gasteiger partial charge in [-0.25, -0.2) is 4.68 Å². The number of fused-ring (bicyclic) bond motifs is 2. The fourth-order valence-electron chi connectivity index (χ4n) is 4.34. The largest absolute Gasteiger partial charge is 0.353 e. The van der Waals surface area contributed by atoms with Gasteiger partial charge < -0.3 is 5.32 Å². The van der Waals surface area contributed by atoms with E-state index < -0.39 is 0 Å². The van der Waals surface area contributed by atoms with Crippen molar-refractivity contribution in [3.05, 3.63) is 5.82 Å². The molecule has 2 atom stereocenters. The molecule has 1 aromatic rings. The van der Waals surface area contributed by atoms with E-state index in [4.69, 9.17) is 0 Å². The molecule has 2 unspecified atom stereocenters. The van der Waals surface area contributed by atoms with Crippen molar-refractivity contribution < 1.29 is 4.79 Å². The first-order chi connectivity index (χ1) is 11.9. The summed E-state index contributed by atoms with van der Waals surface area (Å²) < 4.78 is 2.03. The first-order valence-corrected chi connectivity index (χ1v) is 9.75. The summed E-state index contributed by atoms with van der Waals surface area (Å²) >= 11 is 0. The second kappa shape index (κ2) is 6.34. The quantitative estimate of drug-likeness (QED) is 0.903. The molecule has 1 saturated carbocycles. The van der Waals surface area contributed by atoms with Gasteiger partial charge in [-0.05, 0) is 49.0 Å². The highest BCUT2D eigenvalue weighted by molar-refractivity contribution is 5.81. The maximum absolute atomic E-state index is 12.4. The Bertz CT molecular complexity index is 618. The smallest absolute Gasteiger partial charge is 0.225 e. The molecule has 3 heterocycles. The van der Waals surface area contributed by atoms with Crippen LogP contribution in [0.25, 0.3) is 0 Å². The van der Waals surface area contributed by atoms with E-state index in [0.717, 1.165) is 25.2 Å². The molecule has 7 nitrogen and oxygen atoms in total. The Labute approximate surface area is 149 Å². The molecular weight excluding hydrogens is 316 g/mol. The summed E-state index contributed by atoms with van der Waals surface area (Å²) in [4.78, 5) is 15.0. The van der Waals surface area contributed by atoms with Crippen molar-refractivity contribution in [2.45, 2.75) is 96.4 Å². The van der Waals surface area contributed by atoms with Crippen LogP contribution in [0.5, 0.6) is 0 Å². The highest BCUT2D eigenvalue weighted by atomic mass is 16.2. The molecule has 1 amide bonds. The van der Waals surface area contributed by atoms with E-state index in [2.05, 4.69) is 25.7 Å². The van der Waals surface area contributed by atoms with Gasteiger partial charge >= 0.3 is 0 Å². The van der Waals surface area contributed by atoms with Gasteiger partial charge in [0, 0.05) is 23.5 Å². The second-order valence-electron chi connectivity index (χ2n) is 9.07. The summed E-state index contributed by atoms with van der Waals surface area (Å²) in [6.45, 7) is 6.79. The van der Waals surface area contributed by atoms with Crippen molar-refractivity contribution in [2.75, 3.05) is 0 Å². The number of hydrogen-bond donors (Lipinski definition) is 1. The summed E-state index contributed by atoms with van der Waals surface area (Å²) in [5.41, 5.74) is -0.321. The average Bonchev–Trinajstić information content (AvgIpc) is 3.27. The van der Waals surface area contributed by atoms with E-state index in [1.165, 1.54) is 32.1 Å². The minimum Gasteiger partial charge on any atom is -0.353 e. The third-order valence-electron chi connectivity index (χ3n) is 5.92. The molecule has 1 N–H and O–H groups in total. The second-order valence-corrected chi connectivity index (χ2v) is 9.07. The molecule has 0 aromatic carbocycles. The van der Waals surface area contributed by atoms with Gasteiger partial charge in [-0.1, -0.05) is 27.2 Å². The molecule has 1 aliphatic carbocycles. The number of hydrogen-bond acceptors (Lipinski definition) is 5. The minimum absolute atomic E-state index is 0.168. The van der Waals surface area contributed by atoms with E-state index in [1.54, 1.807) is 0 Å². The van der Waals surface area contributed by atoms with Crippen molar-refractivity contribution in [1.29, 1.82) is 0 Å². The number of piperidine rings is 2. The molecule has 0 radical (unpaired) electrons. The molecular formula is C18H30N6O. The highest BCUT2D eigenvalue weighted by Gasteiger charge is 2.40. The highest BCUT2D eigenvalue weighted by Crippen LogP contribution is 2.37. The van der Waals surface area contributed by atoms with Crippen LogP contribution in [0, 0.1) is 5.41 Å². The Kier molecular flexibility index (Phi) is 4.30. The van der Waals surface area contributed by atoms with Crippen LogP contribution >= 0.6 is 0 Å². The average molecular weight is 346 g/mol. The molecule has 7 heteroatoms. The topological polar surface area (TPSA) is 75.9 Å². The fraction of sp³-hybridized carbons (Fsp3) is 0.889. The fourth-order valence-corrected chi connectivity index (χ4v) is 4.34. The lowest BCUT2D eigenvalue weighted by molar-refractivity contribution is -0.130. The SMILES string of the molecule is CC(C)(C)C(=O)NC1CC2CCCC(C1)N2Cc1nnnn1C1CC1. The normalized spacial score (nSPS) is 30.3. The number of carbonyl (C=O) groups excluding carboxylic acids is 1. The Hall–Kier alpha value is -1.50. The van der Waals surface area contributed by atoms with Gasteiger partial charge in [-0.2, -0.15) is 0 Å². The molecule has 2 aliphatic heterocycles. The predicted octanol–water partition coefficient (Wildman–Crippen LogP) is 2.06. The van der Waals surface area contributed by atoms with Crippen molar-refractivity contribution >= 4 is 5.91 Å². The molecule has 4 rings (SSSR count). The van der Waals surface area contributed by atoms with Gasteiger partial charge in [0.05, 0.1) is 12.6 Å². The van der Waals surface area contributed by atoms with Crippen molar-refractivity contribution in [1.82, 2.24) is 30.4 Å². The molecule has 25 heavy (non-hydrogen) atoms. The van der Waals surface area contributed by atoms with Gasteiger partial charge in [-0.3, -0.25) is 9.69 Å². The van der Waals surface area contributed by atoms with Gasteiger partial charge in [0.25, 0.3) is 0 Å². The molecule has 3 aliphatic rings. The number of tetrazole rings is 1. The standard InChI is InChI=1S/C18H30N6O/c1-18(2,3)17(25)19-12-9-14-5-4-6-15(10-12)23(14)11-16-20-21-22-24(16)13-7-8-13/h12-15H,4-11H2,1-3H3,(H,19,25). The van der Waals surface area contributed by atoms with Crippen LogP contribution in [-0.4, -0.2) is 49.1 Å². The molecule has 0 spiro atoms. The van der Waals surface area contributed by atoms with Gasteiger partial charge in [0.1, 0.15) is 0 Å². The summed E-state index contributed by atoms with van der Waals surface area (Å²) in [7, 11) is 0. The summed E-state index contributed by atoms with van der Waals surface area (Å²) in [5.74, 6) is 1.18. The number of aromatic nitrogens is 4. The van der Waals surface area contributed by atoms with Crippen molar-refractivity contribution in [2.24, 2.45) is 5.41 Å². The lowest BCUT2D eigenvalue weighted by Crippen LogP contribution is -2.57. The Morgan fingerprint density at radius 1 is 1.12 bits per heavy atom. The van der Waals surface area contributed by atoms with E-state index in [9.17, 15) is 4.79 Å². The summed E-state index contributed by atoms with van der Waals surface area (Å²) in [5, 5.41) is 15.7. The molecule has 2 saturated heterocycles. The molecule has 3 fully saturated rings. The zero-order valence-corrected chi connectivity index (χ0v) is 15.6. The number of rotatable bonds is 4. The third kappa shape index (κ3) is 3.57. The van der Waals surface area contributed by atoms with Crippen molar-refractivity contribution in [3.8, 4) is 0 Å². The molecule has 138 valence electrons. The van der Waals surface area contributed by atoms with Crippen LogP contribution in [0.4, 0.5) is 0 Å². The summed E-state index contributed by atoms with van der Waals surface area (Å²) in [6.07, 6.45) is 8.20. The lowest BCUT2D eigenvalue weighted by atomic mass is 9.81. The lowest BCUT2D eigenvalue weighted by Gasteiger charge is -2.49. The number of nitrogens with zero attached hydrogens (tertiary/aromatic N) is 5. The zero-order valence-electron chi connectivity index (χ0n) is 15.6. The number of amides is 1. The van der Waals surface area contributed by atoms with Gasteiger partial charge in [0.2, 0.25) is 5.91 Å². The predicted molar refractivity (Wildman–Crippen MR) is 93.7 cm³/mol. The van der Waals surface area contributed by atoms with E-state index >= 15 is 0 Å². The monoisotopic (exact) mass is 346 g/mol. The Morgan fingerprint density at radius 2 is 1.80 bits per heavy atom. The molecule has 1 aromatic heterocycles. The Balaban J connectivity index is 1.43. The van der Waals surface area contributed by atoms with Crippen LogP contribution < -0.4 is 5.32 Å². The maximum atomic E-state index is 12.4. The molecule has 2 bridgehead atoms. The van der Waals surface area contributed by atoms with Gasteiger partial charge in [0.15, 0.2) is 5.82 Å². The Morgan fingerprint density at radius 3 is 2.40 bits per heavy atom. The van der Waals surface area contributed by atoms with Crippen LogP contribution in [-0.2, 0) is 11.3 Å². The van der Waals surface area contributed by atoms with E-state index in [0.29, 0.717) is 24.2 Å². The number of carbonyl (C=O) groups is 1. The third-order valence-corrected chi connectivity index (χ3v) is 5.92. The zero-order chi connectivity index (χ0) is 17.6.